The summed E-state index contributed by atoms with van der Waals surface area (Å²) < 4.78 is 36.3. The average molecular weight is 810 g/mol. The predicted octanol–water partition coefficient (Wildman–Crippen LogP) is 5.25. The fourth-order valence-corrected chi connectivity index (χ4v) is 11.7. The van der Waals surface area contributed by atoms with Gasteiger partial charge in [-0.2, -0.15) is 0 Å². The number of nitrogens with one attached hydrogen (secondary N) is 2. The molecule has 328 valence electrons. The van der Waals surface area contributed by atoms with Crippen LogP contribution in [0.25, 0.3) is 0 Å². The van der Waals surface area contributed by atoms with Gasteiger partial charge in [-0.05, 0) is 139 Å². The highest BCUT2D eigenvalue weighted by atomic mass is 32.2. The summed E-state index contributed by atoms with van der Waals surface area (Å²) in [6.45, 7) is 35.0. The van der Waals surface area contributed by atoms with Gasteiger partial charge in [-0.15, -0.1) is 0 Å². The predicted molar refractivity (Wildman–Crippen MR) is 232 cm³/mol. The molecule has 9 rings (SSSR count). The summed E-state index contributed by atoms with van der Waals surface area (Å²) in [6, 6.07) is 5.40. The number of piperidine rings is 2. The summed E-state index contributed by atoms with van der Waals surface area (Å²) in [4.78, 5) is 10.4. The molecule has 56 heavy (non-hydrogen) atoms. The second-order valence-corrected chi connectivity index (χ2v) is 22.4. The second-order valence-electron chi connectivity index (χ2n) is 19.9. The van der Waals surface area contributed by atoms with Crippen molar-refractivity contribution in [1.82, 2.24) is 34.5 Å². The van der Waals surface area contributed by atoms with Crippen LogP contribution in [0, 0.1) is 5.92 Å². The Balaban J connectivity index is 0.000000134. The molecule has 1 spiro atoms. The number of rotatable bonds is 6. The first-order chi connectivity index (χ1) is 26.6. The molecule has 8 heterocycles. The number of piperazine rings is 1. The zero-order valence-corrected chi connectivity index (χ0v) is 38.5. The molecule has 9 fully saturated rings. The Hall–Kier alpha value is -0.410. The summed E-state index contributed by atoms with van der Waals surface area (Å²) in [5.41, 5.74) is 0.308. The van der Waals surface area contributed by atoms with Crippen molar-refractivity contribution in [3.8, 4) is 0 Å². The van der Waals surface area contributed by atoms with Crippen LogP contribution in [0.1, 0.15) is 133 Å². The van der Waals surface area contributed by atoms with E-state index in [2.05, 4.69) is 85.6 Å². The Bertz CT molecular complexity index is 1220. The topological polar surface area (TPSA) is 92.9 Å². The van der Waals surface area contributed by atoms with Crippen LogP contribution in [0.5, 0.6) is 0 Å². The molecular weight excluding hydrogens is 723 g/mol. The van der Waals surface area contributed by atoms with Gasteiger partial charge >= 0.3 is 0 Å². The van der Waals surface area contributed by atoms with E-state index in [4.69, 9.17) is 9.47 Å². The molecule has 1 aliphatic carbocycles. The van der Waals surface area contributed by atoms with Crippen LogP contribution in [-0.4, -0.2) is 176 Å². The Morgan fingerprint density at radius 3 is 1.68 bits per heavy atom. The molecule has 8 aliphatic heterocycles. The van der Waals surface area contributed by atoms with Crippen LogP contribution < -0.4 is 10.6 Å². The summed E-state index contributed by atoms with van der Waals surface area (Å²) in [5.74, 6) is 0.941. The average Bonchev–Trinajstić information content (AvgIpc) is 3.61. The number of fused-ring (bicyclic) bond motifs is 6. The lowest BCUT2D eigenvalue weighted by atomic mass is 10.0. The maximum atomic E-state index is 11.6. The van der Waals surface area contributed by atoms with E-state index in [1.54, 1.807) is 18.2 Å². The molecule has 12 heteroatoms. The van der Waals surface area contributed by atoms with Gasteiger partial charge in [-0.3, -0.25) is 19.6 Å². The van der Waals surface area contributed by atoms with Crippen LogP contribution in [0.4, 0.5) is 0 Å². The van der Waals surface area contributed by atoms with Crippen LogP contribution in [0.2, 0.25) is 0 Å². The van der Waals surface area contributed by atoms with E-state index in [-0.39, 0.29) is 5.25 Å². The van der Waals surface area contributed by atoms with Crippen LogP contribution in [0.3, 0.4) is 0 Å². The van der Waals surface area contributed by atoms with Crippen molar-refractivity contribution >= 4 is 10.0 Å². The lowest BCUT2D eigenvalue weighted by Crippen LogP contribution is -2.54. The van der Waals surface area contributed by atoms with Crippen molar-refractivity contribution in [2.24, 2.45) is 5.92 Å². The Labute approximate surface area is 344 Å². The van der Waals surface area contributed by atoms with Crippen molar-refractivity contribution < 1.29 is 17.9 Å². The molecule has 4 unspecified atom stereocenters. The van der Waals surface area contributed by atoms with Crippen molar-refractivity contribution in [1.29, 1.82) is 0 Å². The number of hydrogen-bond acceptors (Lipinski definition) is 10. The van der Waals surface area contributed by atoms with Crippen LogP contribution in [0.15, 0.2) is 0 Å². The molecule has 6 bridgehead atoms. The van der Waals surface area contributed by atoms with Gasteiger partial charge in [-0.1, -0.05) is 6.42 Å². The van der Waals surface area contributed by atoms with Crippen molar-refractivity contribution in [3.63, 3.8) is 0 Å². The SMILES string of the molecule is CC(C)N1C2CCC1CNC2.CC(C)N1CC2CNCC1C2.CC(C)N1CCOC2(CC2)C1.CC(C)N1C[C@H]2CC[C@@H](C1)O2.CC(C)S(=O)(=O)N1CCCCC1. The third-order valence-corrected chi connectivity index (χ3v) is 16.2. The number of likely N-dealkylation sites (tertiary alicyclic amines) is 2. The number of sulfonamides is 1. The highest BCUT2D eigenvalue weighted by Gasteiger charge is 2.47. The minimum absolute atomic E-state index is 0.268. The highest BCUT2D eigenvalue weighted by Crippen LogP contribution is 2.42. The molecule has 0 aromatic rings. The monoisotopic (exact) mass is 810 g/mol. The van der Waals surface area contributed by atoms with Gasteiger partial charge < -0.3 is 20.1 Å². The second kappa shape index (κ2) is 21.4. The summed E-state index contributed by atoms with van der Waals surface area (Å²) in [5, 5.41) is 6.71. The molecule has 0 aromatic heterocycles. The molecule has 0 radical (unpaired) electrons. The molecule has 0 amide bonds. The Kier molecular flexibility index (Phi) is 17.8. The van der Waals surface area contributed by atoms with Gasteiger partial charge in [0.2, 0.25) is 10.0 Å². The molecule has 2 N–H and O–H groups in total. The van der Waals surface area contributed by atoms with Crippen molar-refractivity contribution in [2.75, 3.05) is 78.6 Å². The van der Waals surface area contributed by atoms with Gasteiger partial charge in [-0.25, -0.2) is 12.7 Å². The van der Waals surface area contributed by atoms with Crippen LogP contribution >= 0.6 is 0 Å². The van der Waals surface area contributed by atoms with E-state index in [9.17, 15) is 8.42 Å². The van der Waals surface area contributed by atoms with Gasteiger partial charge in [0.15, 0.2) is 0 Å². The van der Waals surface area contributed by atoms with Gasteiger partial charge in [0.1, 0.15) is 0 Å². The zero-order chi connectivity index (χ0) is 40.6. The fourth-order valence-electron chi connectivity index (χ4n) is 10.4. The fraction of sp³-hybridized carbons (Fsp3) is 1.00. The molecule has 8 saturated heterocycles. The smallest absolute Gasteiger partial charge is 0.216 e. The Morgan fingerprint density at radius 1 is 0.625 bits per heavy atom. The van der Waals surface area contributed by atoms with Gasteiger partial charge in [0, 0.05) is 108 Å². The maximum absolute atomic E-state index is 11.6. The zero-order valence-electron chi connectivity index (χ0n) is 37.7. The standard InChI is InChI=1S/2C9H18N2.2C9H17NO.C8H17NO2S/c1-7(2)11-6-8-3-9(11)5-10-4-8;1-7(2)11-8-3-4-9(11)6-10-5-8;1-7(2)10-5-8-3-4-9(6-10)11-8;1-8(2)10-5-6-11-9(7-10)3-4-9;1-8(2)12(10,11)9-6-4-3-5-7-9/h2*7-10H,3-6H2,1-2H3;7-9H,3-6H2,1-2H3;8H,3-7H2,1-2H3;8H,3-7H2,1-2H3/t;;8-,9+;;. The molecular formula is C44H87N7O4S. The third-order valence-electron chi connectivity index (χ3n) is 13.9. The van der Waals surface area contributed by atoms with E-state index in [1.807, 2.05) is 0 Å². The number of nitrogens with zero attached hydrogens (tertiary/aromatic N) is 5. The maximum Gasteiger partial charge on any atom is 0.216 e. The lowest BCUT2D eigenvalue weighted by molar-refractivity contribution is -0.0553. The largest absolute Gasteiger partial charge is 0.372 e. The van der Waals surface area contributed by atoms with Gasteiger partial charge in [0.05, 0.1) is 29.7 Å². The molecule has 1 saturated carbocycles. The van der Waals surface area contributed by atoms with Gasteiger partial charge in [0.25, 0.3) is 0 Å². The summed E-state index contributed by atoms with van der Waals surface area (Å²) in [7, 11) is -2.97. The van der Waals surface area contributed by atoms with Crippen molar-refractivity contribution in [2.45, 2.75) is 199 Å². The third kappa shape index (κ3) is 13.0. The van der Waals surface area contributed by atoms with Crippen LogP contribution in [-0.2, 0) is 19.5 Å². The number of ether oxygens (including phenoxy) is 2. The first-order valence-electron chi connectivity index (χ1n) is 23.3. The normalized spacial score (nSPS) is 33.1. The first kappa shape index (κ1) is 46.7. The minimum atomic E-state index is -2.97. The van der Waals surface area contributed by atoms with Crippen molar-refractivity contribution in [3.05, 3.63) is 0 Å². The molecule has 6 atom stereocenters. The molecule has 11 nitrogen and oxygen atoms in total. The quantitative estimate of drug-likeness (QED) is 0.371. The van der Waals surface area contributed by atoms with E-state index < -0.39 is 10.0 Å². The minimum Gasteiger partial charge on any atom is -0.372 e. The van der Waals surface area contributed by atoms with E-state index in [0.717, 1.165) is 88.3 Å². The number of hydrogen-bond donors (Lipinski definition) is 2. The van der Waals surface area contributed by atoms with E-state index in [0.29, 0.717) is 29.9 Å². The number of morpholine rings is 2. The summed E-state index contributed by atoms with van der Waals surface area (Å²) in [6.07, 6.45) is 13.7. The molecule has 0 aromatic carbocycles. The Morgan fingerprint density at radius 2 is 1.20 bits per heavy atom. The summed E-state index contributed by atoms with van der Waals surface area (Å²) >= 11 is 0. The van der Waals surface area contributed by atoms with E-state index in [1.165, 1.54) is 90.6 Å². The lowest BCUT2D eigenvalue weighted by Gasteiger charge is -2.38. The highest BCUT2D eigenvalue weighted by molar-refractivity contribution is 7.89. The first-order valence-corrected chi connectivity index (χ1v) is 24.8. The van der Waals surface area contributed by atoms with E-state index >= 15 is 0 Å². The molecule has 9 aliphatic rings.